The molecule has 7 heteroatoms. The summed E-state index contributed by atoms with van der Waals surface area (Å²) in [5, 5.41) is 13.3. The highest BCUT2D eigenvalue weighted by molar-refractivity contribution is 6.06. The summed E-state index contributed by atoms with van der Waals surface area (Å²) in [6.07, 6.45) is -1.60. The van der Waals surface area contributed by atoms with Gasteiger partial charge in [-0.3, -0.25) is 9.59 Å². The zero-order valence-electron chi connectivity index (χ0n) is 13.5. The zero-order valence-corrected chi connectivity index (χ0v) is 13.5. The third-order valence-electron chi connectivity index (χ3n) is 3.55. The highest BCUT2D eigenvalue weighted by Crippen LogP contribution is 2.18. The highest BCUT2D eigenvalue weighted by Gasteiger charge is 2.21. The number of Topliss-reactive ketones (excluding diaryl/α,β-unsaturated/α-hetero) is 1. The SMILES string of the molecule is C[C@H](NC(=O)O)C(=O)Cc1cccc(F)c1C(=O)Nc1ccccc1. The van der Waals surface area contributed by atoms with Crippen molar-refractivity contribution in [1.82, 2.24) is 5.32 Å². The van der Waals surface area contributed by atoms with Crippen molar-refractivity contribution in [2.75, 3.05) is 5.32 Å². The largest absolute Gasteiger partial charge is 0.465 e. The van der Waals surface area contributed by atoms with E-state index in [1.54, 1.807) is 30.3 Å². The van der Waals surface area contributed by atoms with Crippen LogP contribution in [0.4, 0.5) is 14.9 Å². The fourth-order valence-corrected chi connectivity index (χ4v) is 2.29. The lowest BCUT2D eigenvalue weighted by Crippen LogP contribution is -2.38. The second-order valence-electron chi connectivity index (χ2n) is 5.41. The lowest BCUT2D eigenvalue weighted by molar-refractivity contribution is -0.119. The van der Waals surface area contributed by atoms with Gasteiger partial charge in [-0.25, -0.2) is 9.18 Å². The fraction of sp³-hybridized carbons (Fsp3) is 0.167. The summed E-state index contributed by atoms with van der Waals surface area (Å²) in [5.74, 6) is -1.90. The number of carbonyl (C=O) groups excluding carboxylic acids is 2. The van der Waals surface area contributed by atoms with Crippen LogP contribution in [0.3, 0.4) is 0 Å². The van der Waals surface area contributed by atoms with Gasteiger partial charge in [-0.05, 0) is 30.7 Å². The van der Waals surface area contributed by atoms with Gasteiger partial charge < -0.3 is 15.7 Å². The fourth-order valence-electron chi connectivity index (χ4n) is 2.29. The smallest absolute Gasteiger partial charge is 0.405 e. The van der Waals surface area contributed by atoms with Crippen molar-refractivity contribution in [3.05, 3.63) is 65.5 Å². The molecule has 0 saturated heterocycles. The summed E-state index contributed by atoms with van der Waals surface area (Å²) < 4.78 is 14.2. The van der Waals surface area contributed by atoms with Crippen LogP contribution in [0.5, 0.6) is 0 Å². The summed E-state index contributed by atoms with van der Waals surface area (Å²) in [6, 6.07) is 11.6. The van der Waals surface area contributed by atoms with Gasteiger partial charge in [-0.1, -0.05) is 30.3 Å². The Bertz CT molecular complexity index is 793. The number of para-hydroxylation sites is 1. The van der Waals surface area contributed by atoms with Crippen LogP contribution in [0.2, 0.25) is 0 Å². The van der Waals surface area contributed by atoms with E-state index in [1.165, 1.54) is 19.1 Å². The maximum atomic E-state index is 14.2. The van der Waals surface area contributed by atoms with Gasteiger partial charge in [-0.15, -0.1) is 0 Å². The first-order valence-corrected chi connectivity index (χ1v) is 7.54. The molecule has 0 fully saturated rings. The molecule has 130 valence electrons. The molecule has 0 saturated carbocycles. The van der Waals surface area contributed by atoms with E-state index in [4.69, 9.17) is 5.11 Å². The van der Waals surface area contributed by atoms with Crippen molar-refractivity contribution in [3.63, 3.8) is 0 Å². The molecular weight excluding hydrogens is 327 g/mol. The quantitative estimate of drug-likeness (QED) is 0.751. The molecule has 0 unspecified atom stereocenters. The normalized spacial score (nSPS) is 11.4. The Balaban J connectivity index is 2.22. The van der Waals surface area contributed by atoms with Gasteiger partial charge in [0.1, 0.15) is 5.82 Å². The van der Waals surface area contributed by atoms with Gasteiger partial charge in [0.25, 0.3) is 5.91 Å². The van der Waals surface area contributed by atoms with Crippen LogP contribution in [0.25, 0.3) is 0 Å². The number of hydrogen-bond donors (Lipinski definition) is 3. The predicted octanol–water partition coefficient (Wildman–Crippen LogP) is 2.85. The van der Waals surface area contributed by atoms with Crippen LogP contribution in [-0.2, 0) is 11.2 Å². The van der Waals surface area contributed by atoms with Crippen molar-refractivity contribution in [1.29, 1.82) is 0 Å². The van der Waals surface area contributed by atoms with Crippen LogP contribution >= 0.6 is 0 Å². The number of carboxylic acid groups (broad SMARTS) is 1. The predicted molar refractivity (Wildman–Crippen MR) is 90.1 cm³/mol. The standard InChI is InChI=1S/C18H17FN2O4/c1-11(20-18(24)25)15(22)10-12-6-5-9-14(19)16(12)17(23)21-13-7-3-2-4-8-13/h2-9,11,20H,10H2,1H3,(H,21,23)(H,24,25)/t11-/m0/s1. The van der Waals surface area contributed by atoms with Gasteiger partial charge in [0.05, 0.1) is 11.6 Å². The number of rotatable bonds is 6. The molecule has 1 atom stereocenters. The first kappa shape index (κ1) is 18.1. The molecule has 0 bridgehead atoms. The molecule has 0 aliphatic carbocycles. The van der Waals surface area contributed by atoms with Crippen LogP contribution < -0.4 is 10.6 Å². The van der Waals surface area contributed by atoms with Crippen LogP contribution in [0, 0.1) is 5.82 Å². The summed E-state index contributed by atoms with van der Waals surface area (Å²) in [6.45, 7) is 1.39. The molecule has 3 N–H and O–H groups in total. The lowest BCUT2D eigenvalue weighted by Gasteiger charge is -2.13. The van der Waals surface area contributed by atoms with E-state index in [-0.39, 0.29) is 17.5 Å². The van der Waals surface area contributed by atoms with Gasteiger partial charge in [0.2, 0.25) is 0 Å². The van der Waals surface area contributed by atoms with Crippen molar-refractivity contribution < 1.29 is 23.9 Å². The maximum Gasteiger partial charge on any atom is 0.405 e. The summed E-state index contributed by atoms with van der Waals surface area (Å²) in [7, 11) is 0. The molecule has 0 aliphatic rings. The molecule has 0 aromatic heterocycles. The Morgan fingerprint density at radius 3 is 2.40 bits per heavy atom. The Labute approximate surface area is 143 Å². The molecule has 6 nitrogen and oxygen atoms in total. The number of nitrogens with one attached hydrogen (secondary N) is 2. The van der Waals surface area contributed by atoms with E-state index in [0.29, 0.717) is 5.69 Å². The van der Waals surface area contributed by atoms with E-state index < -0.39 is 29.6 Å². The number of hydrogen-bond acceptors (Lipinski definition) is 3. The van der Waals surface area contributed by atoms with E-state index in [2.05, 4.69) is 5.32 Å². The molecule has 0 heterocycles. The average molecular weight is 344 g/mol. The average Bonchev–Trinajstić information content (AvgIpc) is 2.55. The lowest BCUT2D eigenvalue weighted by atomic mass is 9.98. The minimum Gasteiger partial charge on any atom is -0.465 e. The monoisotopic (exact) mass is 344 g/mol. The van der Waals surface area contributed by atoms with Crippen molar-refractivity contribution in [2.24, 2.45) is 0 Å². The number of benzene rings is 2. The second-order valence-corrected chi connectivity index (χ2v) is 5.41. The number of halogens is 1. The summed E-state index contributed by atoms with van der Waals surface area (Å²) in [5.41, 5.74) is 0.452. The van der Waals surface area contributed by atoms with Crippen LogP contribution in [-0.4, -0.2) is 28.9 Å². The van der Waals surface area contributed by atoms with E-state index >= 15 is 0 Å². The first-order chi connectivity index (χ1) is 11.9. The maximum absolute atomic E-state index is 14.2. The topological polar surface area (TPSA) is 95.5 Å². The summed E-state index contributed by atoms with van der Waals surface area (Å²) >= 11 is 0. The third-order valence-corrected chi connectivity index (χ3v) is 3.55. The second kappa shape index (κ2) is 8.05. The van der Waals surface area contributed by atoms with Gasteiger partial charge in [0, 0.05) is 12.1 Å². The Hall–Kier alpha value is -3.22. The molecule has 2 rings (SSSR count). The van der Waals surface area contributed by atoms with E-state index in [1.807, 2.05) is 5.32 Å². The Morgan fingerprint density at radius 2 is 1.76 bits per heavy atom. The molecule has 0 aliphatic heterocycles. The van der Waals surface area contributed by atoms with Crippen molar-refractivity contribution in [2.45, 2.75) is 19.4 Å². The van der Waals surface area contributed by atoms with Gasteiger partial charge in [0.15, 0.2) is 5.78 Å². The Kier molecular flexibility index (Phi) is 5.84. The summed E-state index contributed by atoms with van der Waals surface area (Å²) in [4.78, 5) is 35.1. The van der Waals surface area contributed by atoms with Crippen LogP contribution in [0.1, 0.15) is 22.8 Å². The number of carbonyl (C=O) groups is 3. The Morgan fingerprint density at radius 1 is 1.08 bits per heavy atom. The number of amides is 2. The molecule has 2 amide bonds. The molecule has 2 aromatic carbocycles. The minimum absolute atomic E-state index is 0.192. The molecule has 0 spiro atoms. The van der Waals surface area contributed by atoms with Crippen molar-refractivity contribution in [3.8, 4) is 0 Å². The minimum atomic E-state index is -1.33. The zero-order chi connectivity index (χ0) is 18.4. The van der Waals surface area contributed by atoms with E-state index in [0.717, 1.165) is 6.07 Å². The van der Waals surface area contributed by atoms with Crippen molar-refractivity contribution >= 4 is 23.5 Å². The molecule has 2 aromatic rings. The van der Waals surface area contributed by atoms with E-state index in [9.17, 15) is 18.8 Å². The highest BCUT2D eigenvalue weighted by atomic mass is 19.1. The molecular formula is C18H17FN2O4. The first-order valence-electron chi connectivity index (χ1n) is 7.54. The van der Waals surface area contributed by atoms with Gasteiger partial charge in [-0.2, -0.15) is 0 Å². The molecule has 25 heavy (non-hydrogen) atoms. The van der Waals surface area contributed by atoms with Crippen LogP contribution in [0.15, 0.2) is 48.5 Å². The van der Waals surface area contributed by atoms with Gasteiger partial charge >= 0.3 is 6.09 Å². The number of anilines is 1. The number of ketones is 1. The third kappa shape index (κ3) is 4.87. The molecule has 0 radical (unpaired) electrons.